The molecule has 1 heterocycles. The summed E-state index contributed by atoms with van der Waals surface area (Å²) < 4.78 is 0. The molecule has 0 saturated heterocycles. The predicted molar refractivity (Wildman–Crippen MR) is 70.3 cm³/mol. The van der Waals surface area contributed by atoms with Crippen LogP contribution in [-0.4, -0.2) is 12.1 Å². The second kappa shape index (κ2) is 4.11. The Morgan fingerprint density at radius 3 is 1.72 bits per heavy atom. The Morgan fingerprint density at radius 2 is 1.33 bits per heavy atom. The molecule has 3 heteroatoms. The molecule has 1 N–H and O–H groups in total. The lowest BCUT2D eigenvalue weighted by molar-refractivity contribution is -0.122. The van der Waals surface area contributed by atoms with E-state index in [2.05, 4.69) is 10.5 Å². The lowest BCUT2D eigenvalue weighted by Crippen LogP contribution is -2.39. The molecule has 0 bridgehead atoms. The van der Waals surface area contributed by atoms with Crippen molar-refractivity contribution in [2.45, 2.75) is 5.41 Å². The number of benzene rings is 2. The SMILES string of the molecule is O=C1NN=CC1(c1ccccc1)c1ccccc1. The molecule has 0 atom stereocenters. The molecule has 1 amide bonds. The van der Waals surface area contributed by atoms with E-state index in [1.165, 1.54) is 0 Å². The van der Waals surface area contributed by atoms with Crippen LogP contribution < -0.4 is 5.43 Å². The fraction of sp³-hybridized carbons (Fsp3) is 0.0667. The van der Waals surface area contributed by atoms with Gasteiger partial charge in [-0.15, -0.1) is 0 Å². The van der Waals surface area contributed by atoms with Crippen LogP contribution in [0.15, 0.2) is 65.8 Å². The summed E-state index contributed by atoms with van der Waals surface area (Å²) in [4.78, 5) is 12.3. The van der Waals surface area contributed by atoms with Crippen molar-refractivity contribution >= 4 is 12.1 Å². The van der Waals surface area contributed by atoms with Crippen LogP contribution in [0.25, 0.3) is 0 Å². The van der Waals surface area contributed by atoms with E-state index in [0.717, 1.165) is 11.1 Å². The lowest BCUT2D eigenvalue weighted by Gasteiger charge is -2.24. The molecule has 0 radical (unpaired) electrons. The Hall–Kier alpha value is -2.42. The van der Waals surface area contributed by atoms with E-state index in [1.54, 1.807) is 6.21 Å². The van der Waals surface area contributed by atoms with Crippen molar-refractivity contribution in [1.29, 1.82) is 0 Å². The fourth-order valence-corrected chi connectivity index (χ4v) is 2.31. The van der Waals surface area contributed by atoms with E-state index in [1.807, 2.05) is 60.7 Å². The molecule has 0 unspecified atom stereocenters. The van der Waals surface area contributed by atoms with Crippen LogP contribution >= 0.6 is 0 Å². The van der Waals surface area contributed by atoms with Crippen molar-refractivity contribution < 1.29 is 4.79 Å². The molecule has 1 aliphatic heterocycles. The summed E-state index contributed by atoms with van der Waals surface area (Å²) in [6.07, 6.45) is 1.68. The smallest absolute Gasteiger partial charge is 0.260 e. The molecular formula is C15H12N2O. The molecule has 3 rings (SSSR count). The Morgan fingerprint density at radius 1 is 0.833 bits per heavy atom. The number of amides is 1. The minimum Gasteiger partial charge on any atom is -0.271 e. The molecule has 0 aliphatic carbocycles. The third-order valence-electron chi connectivity index (χ3n) is 3.24. The zero-order valence-electron chi connectivity index (χ0n) is 9.71. The molecule has 0 saturated carbocycles. The van der Waals surface area contributed by atoms with Crippen LogP contribution in [-0.2, 0) is 10.2 Å². The van der Waals surface area contributed by atoms with Gasteiger partial charge in [-0.05, 0) is 11.1 Å². The molecule has 1 aliphatic rings. The summed E-state index contributed by atoms with van der Waals surface area (Å²) >= 11 is 0. The van der Waals surface area contributed by atoms with Gasteiger partial charge < -0.3 is 0 Å². The monoisotopic (exact) mass is 236 g/mol. The Kier molecular flexibility index (Phi) is 2.45. The lowest BCUT2D eigenvalue weighted by atomic mass is 9.75. The first-order valence-electron chi connectivity index (χ1n) is 5.80. The first-order chi connectivity index (χ1) is 8.84. The van der Waals surface area contributed by atoms with Gasteiger partial charge in [0.2, 0.25) is 0 Å². The molecule has 2 aromatic carbocycles. The van der Waals surface area contributed by atoms with Gasteiger partial charge in [-0.2, -0.15) is 5.10 Å². The average Bonchev–Trinajstić information content (AvgIpc) is 2.84. The number of hydrogen-bond donors (Lipinski definition) is 1. The van der Waals surface area contributed by atoms with Gasteiger partial charge in [0, 0.05) is 6.21 Å². The van der Waals surface area contributed by atoms with Crippen LogP contribution in [0.4, 0.5) is 0 Å². The number of nitrogens with one attached hydrogen (secondary N) is 1. The van der Waals surface area contributed by atoms with Crippen molar-refractivity contribution in [3.05, 3.63) is 71.8 Å². The molecule has 3 nitrogen and oxygen atoms in total. The molecule has 2 aromatic rings. The number of rotatable bonds is 2. The highest BCUT2D eigenvalue weighted by atomic mass is 16.2. The van der Waals surface area contributed by atoms with Crippen LogP contribution in [0.2, 0.25) is 0 Å². The van der Waals surface area contributed by atoms with Crippen LogP contribution in [0, 0.1) is 0 Å². The van der Waals surface area contributed by atoms with Crippen LogP contribution in [0.3, 0.4) is 0 Å². The van der Waals surface area contributed by atoms with Gasteiger partial charge in [-0.1, -0.05) is 60.7 Å². The normalized spacial score (nSPS) is 16.6. The van der Waals surface area contributed by atoms with Gasteiger partial charge in [0.25, 0.3) is 5.91 Å². The number of hydrogen-bond acceptors (Lipinski definition) is 2. The summed E-state index contributed by atoms with van der Waals surface area (Å²) in [5, 5.41) is 3.95. The van der Waals surface area contributed by atoms with Gasteiger partial charge >= 0.3 is 0 Å². The second-order valence-corrected chi connectivity index (χ2v) is 4.24. The Balaban J connectivity index is 2.24. The maximum Gasteiger partial charge on any atom is 0.260 e. The van der Waals surface area contributed by atoms with E-state index >= 15 is 0 Å². The van der Waals surface area contributed by atoms with Crippen LogP contribution in [0.5, 0.6) is 0 Å². The van der Waals surface area contributed by atoms with Crippen molar-refractivity contribution in [3.8, 4) is 0 Å². The number of hydrazone groups is 1. The summed E-state index contributed by atoms with van der Waals surface area (Å²) in [7, 11) is 0. The van der Waals surface area contributed by atoms with Crippen molar-refractivity contribution in [3.63, 3.8) is 0 Å². The molecule has 18 heavy (non-hydrogen) atoms. The van der Waals surface area contributed by atoms with E-state index < -0.39 is 5.41 Å². The Labute approximate surface area is 105 Å². The first-order valence-corrected chi connectivity index (χ1v) is 5.80. The minimum absolute atomic E-state index is 0.111. The maximum atomic E-state index is 12.3. The highest BCUT2D eigenvalue weighted by Gasteiger charge is 2.43. The van der Waals surface area contributed by atoms with Gasteiger partial charge in [0.05, 0.1) is 0 Å². The van der Waals surface area contributed by atoms with E-state index in [4.69, 9.17) is 0 Å². The summed E-state index contributed by atoms with van der Waals surface area (Å²) in [6, 6.07) is 19.4. The highest BCUT2D eigenvalue weighted by Crippen LogP contribution is 2.33. The summed E-state index contributed by atoms with van der Waals surface area (Å²) in [5.74, 6) is -0.111. The maximum absolute atomic E-state index is 12.3. The average molecular weight is 236 g/mol. The first kappa shape index (κ1) is 10.7. The van der Waals surface area contributed by atoms with E-state index in [-0.39, 0.29) is 5.91 Å². The number of carbonyl (C=O) groups is 1. The van der Waals surface area contributed by atoms with Crippen molar-refractivity contribution in [1.82, 2.24) is 5.43 Å². The molecule has 0 aromatic heterocycles. The summed E-state index contributed by atoms with van der Waals surface area (Å²) in [6.45, 7) is 0. The van der Waals surface area contributed by atoms with Crippen LogP contribution in [0.1, 0.15) is 11.1 Å². The number of carbonyl (C=O) groups excluding carboxylic acids is 1. The van der Waals surface area contributed by atoms with Crippen molar-refractivity contribution in [2.24, 2.45) is 5.10 Å². The Bertz CT molecular complexity index is 551. The van der Waals surface area contributed by atoms with Crippen molar-refractivity contribution in [2.75, 3.05) is 0 Å². The third-order valence-corrected chi connectivity index (χ3v) is 3.24. The molecule has 88 valence electrons. The van der Waals surface area contributed by atoms with Gasteiger partial charge in [0.15, 0.2) is 0 Å². The highest BCUT2D eigenvalue weighted by molar-refractivity contribution is 6.11. The second-order valence-electron chi connectivity index (χ2n) is 4.24. The fourth-order valence-electron chi connectivity index (χ4n) is 2.31. The quantitative estimate of drug-likeness (QED) is 0.852. The summed E-state index contributed by atoms with van der Waals surface area (Å²) in [5.41, 5.74) is 3.59. The third kappa shape index (κ3) is 1.44. The molecular weight excluding hydrogens is 224 g/mol. The van der Waals surface area contributed by atoms with Gasteiger partial charge in [0.1, 0.15) is 5.41 Å². The largest absolute Gasteiger partial charge is 0.271 e. The zero-order chi connectivity index (χ0) is 12.4. The van der Waals surface area contributed by atoms with E-state index in [9.17, 15) is 4.79 Å². The van der Waals surface area contributed by atoms with Gasteiger partial charge in [-0.3, -0.25) is 4.79 Å². The predicted octanol–water partition coefficient (Wildman–Crippen LogP) is 2.09. The van der Waals surface area contributed by atoms with Gasteiger partial charge in [-0.25, -0.2) is 5.43 Å². The van der Waals surface area contributed by atoms with E-state index in [0.29, 0.717) is 0 Å². The standard InChI is InChI=1S/C15H12N2O/c18-14-15(11-16-17-14,12-7-3-1-4-8-12)13-9-5-2-6-10-13/h1-11H,(H,17,18). The zero-order valence-corrected chi connectivity index (χ0v) is 9.71. The molecule has 0 fully saturated rings. The number of nitrogens with zero attached hydrogens (tertiary/aromatic N) is 1. The minimum atomic E-state index is -0.803. The topological polar surface area (TPSA) is 41.5 Å². The molecule has 0 spiro atoms.